The van der Waals surface area contributed by atoms with Crippen LogP contribution in [0.5, 0.6) is 0 Å². The van der Waals surface area contributed by atoms with Gasteiger partial charge in [0.1, 0.15) is 0 Å². The fourth-order valence-electron chi connectivity index (χ4n) is 4.66. The monoisotopic (exact) mass is 358 g/mol. The molecular weight excluding hydrogens is 332 g/mol. The largest absolute Gasteiger partial charge is 0.338 e. The first-order chi connectivity index (χ1) is 11.9. The van der Waals surface area contributed by atoms with Gasteiger partial charge in [-0.25, -0.2) is 0 Å². The third-order valence-corrected chi connectivity index (χ3v) is 6.45. The number of allylic oxidation sites excluding steroid dienone is 1. The number of benzene rings is 1. The number of halogens is 1. The van der Waals surface area contributed by atoms with Gasteiger partial charge in [-0.2, -0.15) is 0 Å². The van der Waals surface area contributed by atoms with Crippen LogP contribution in [0.4, 0.5) is 0 Å². The lowest BCUT2D eigenvalue weighted by molar-refractivity contribution is -0.126. The number of hydrogen-bond donors (Lipinski definition) is 1. The summed E-state index contributed by atoms with van der Waals surface area (Å²) >= 11 is 6.07. The number of nitrogens with zero attached hydrogens (tertiary/aromatic N) is 1. The van der Waals surface area contributed by atoms with E-state index in [1.54, 1.807) is 0 Å². The van der Waals surface area contributed by atoms with E-state index in [4.69, 9.17) is 11.6 Å². The van der Waals surface area contributed by atoms with Crippen LogP contribution < -0.4 is 5.32 Å². The molecule has 2 unspecified atom stereocenters. The average Bonchev–Trinajstić information content (AvgIpc) is 3.16. The Labute approximate surface area is 155 Å². The van der Waals surface area contributed by atoms with E-state index < -0.39 is 0 Å². The van der Waals surface area contributed by atoms with E-state index in [9.17, 15) is 4.79 Å². The zero-order valence-electron chi connectivity index (χ0n) is 15.1. The zero-order chi connectivity index (χ0) is 17.6. The van der Waals surface area contributed by atoms with Gasteiger partial charge in [0.25, 0.3) is 0 Å². The summed E-state index contributed by atoms with van der Waals surface area (Å²) in [5, 5.41) is 4.19. The summed E-state index contributed by atoms with van der Waals surface area (Å²) in [5.74, 6) is 1.56. The smallest absolute Gasteiger partial charge is 0.250 e. The van der Waals surface area contributed by atoms with Gasteiger partial charge in [0, 0.05) is 36.8 Å². The van der Waals surface area contributed by atoms with Gasteiger partial charge in [-0.1, -0.05) is 37.6 Å². The van der Waals surface area contributed by atoms with Gasteiger partial charge in [-0.3, -0.25) is 4.79 Å². The third-order valence-electron chi connectivity index (χ3n) is 6.20. The molecule has 1 N–H and O–H groups in total. The molecule has 25 heavy (non-hydrogen) atoms. The number of nitrogens with one attached hydrogen (secondary N) is 1. The lowest BCUT2D eigenvalue weighted by Crippen LogP contribution is -2.35. The summed E-state index contributed by atoms with van der Waals surface area (Å²) in [6.07, 6.45) is 2.92. The quantitative estimate of drug-likeness (QED) is 0.867. The van der Waals surface area contributed by atoms with Crippen LogP contribution in [-0.4, -0.2) is 37.0 Å². The molecule has 0 aromatic heterocycles. The second kappa shape index (κ2) is 6.44. The number of carbonyl (C=O) groups excluding carboxylic acids is 1. The highest BCUT2D eigenvalue weighted by Gasteiger charge is 2.40. The molecule has 1 aromatic carbocycles. The fourth-order valence-corrected chi connectivity index (χ4v) is 4.79. The fraction of sp³-hybridized carbons (Fsp3) is 0.571. The first-order valence-corrected chi connectivity index (χ1v) is 9.79. The van der Waals surface area contributed by atoms with Crippen molar-refractivity contribution in [2.24, 2.45) is 17.3 Å². The number of hydrogen-bond acceptors (Lipinski definition) is 2. The standard InChI is InChI=1S/C21H27ClN2O/c1-21(2)8-7-18(19(9-21)14-3-5-17(22)6-4-14)20(25)24-12-15-10-23-11-16(15)13-24/h3-6,15-16,23H,7-13H2,1-2H3. The Balaban J connectivity index is 1.65. The van der Waals surface area contributed by atoms with Crippen LogP contribution in [-0.2, 0) is 4.79 Å². The highest BCUT2D eigenvalue weighted by Crippen LogP contribution is 2.44. The van der Waals surface area contributed by atoms with Crippen molar-refractivity contribution in [2.45, 2.75) is 33.1 Å². The summed E-state index contributed by atoms with van der Waals surface area (Å²) in [5.41, 5.74) is 3.66. The maximum Gasteiger partial charge on any atom is 0.250 e. The Hall–Kier alpha value is -1.32. The normalized spacial score (nSPS) is 28.4. The molecule has 2 heterocycles. The number of amides is 1. The predicted octanol–water partition coefficient (Wildman–Crippen LogP) is 3.98. The molecule has 2 saturated heterocycles. The van der Waals surface area contributed by atoms with Crippen molar-refractivity contribution in [1.82, 2.24) is 10.2 Å². The minimum atomic E-state index is 0.240. The molecule has 3 nitrogen and oxygen atoms in total. The van der Waals surface area contributed by atoms with Crippen molar-refractivity contribution in [3.05, 3.63) is 40.4 Å². The molecule has 1 amide bonds. The highest BCUT2D eigenvalue weighted by molar-refractivity contribution is 6.30. The molecule has 134 valence electrons. The highest BCUT2D eigenvalue weighted by atomic mass is 35.5. The Morgan fingerprint density at radius 1 is 1.16 bits per heavy atom. The van der Waals surface area contributed by atoms with Crippen LogP contribution in [0, 0.1) is 17.3 Å². The summed E-state index contributed by atoms with van der Waals surface area (Å²) in [6.45, 7) is 8.55. The number of fused-ring (bicyclic) bond motifs is 1. The number of likely N-dealkylation sites (tertiary alicyclic amines) is 1. The molecule has 3 aliphatic rings. The van der Waals surface area contributed by atoms with Crippen molar-refractivity contribution in [1.29, 1.82) is 0 Å². The van der Waals surface area contributed by atoms with Crippen LogP contribution in [0.1, 0.15) is 38.7 Å². The molecule has 4 heteroatoms. The van der Waals surface area contributed by atoms with E-state index in [0.29, 0.717) is 11.8 Å². The van der Waals surface area contributed by atoms with Crippen LogP contribution in [0.2, 0.25) is 5.02 Å². The summed E-state index contributed by atoms with van der Waals surface area (Å²) in [7, 11) is 0. The third kappa shape index (κ3) is 3.37. The van der Waals surface area contributed by atoms with E-state index in [1.165, 1.54) is 5.57 Å². The number of rotatable bonds is 2. The molecule has 0 bridgehead atoms. The molecule has 2 atom stereocenters. The second-order valence-electron chi connectivity index (χ2n) is 8.69. The van der Waals surface area contributed by atoms with Gasteiger partial charge in [0.2, 0.25) is 5.91 Å². The molecule has 2 aliphatic heterocycles. The Bertz CT molecular complexity index is 695. The number of carbonyl (C=O) groups is 1. The Kier molecular flexibility index (Phi) is 4.41. The van der Waals surface area contributed by atoms with Gasteiger partial charge in [-0.15, -0.1) is 0 Å². The van der Waals surface area contributed by atoms with E-state index in [1.807, 2.05) is 12.1 Å². The molecule has 0 saturated carbocycles. The van der Waals surface area contributed by atoms with Crippen LogP contribution >= 0.6 is 11.6 Å². The van der Waals surface area contributed by atoms with Crippen molar-refractivity contribution >= 4 is 23.1 Å². The maximum absolute atomic E-state index is 13.3. The first-order valence-electron chi connectivity index (χ1n) is 9.41. The van der Waals surface area contributed by atoms with Gasteiger partial charge in [0.05, 0.1) is 0 Å². The van der Waals surface area contributed by atoms with Gasteiger partial charge >= 0.3 is 0 Å². The van der Waals surface area contributed by atoms with E-state index >= 15 is 0 Å². The minimum Gasteiger partial charge on any atom is -0.338 e. The molecule has 0 radical (unpaired) electrons. The van der Waals surface area contributed by atoms with Gasteiger partial charge in [-0.05, 0) is 59.8 Å². The minimum absolute atomic E-state index is 0.240. The summed E-state index contributed by atoms with van der Waals surface area (Å²) in [6, 6.07) is 7.99. The Morgan fingerprint density at radius 2 is 1.80 bits per heavy atom. The lowest BCUT2D eigenvalue weighted by atomic mass is 9.72. The van der Waals surface area contributed by atoms with Gasteiger partial charge < -0.3 is 10.2 Å². The SMILES string of the molecule is CC1(C)CCC(C(=O)N2CC3CNCC3C2)=C(c2ccc(Cl)cc2)C1. The zero-order valence-corrected chi connectivity index (χ0v) is 15.9. The van der Waals surface area contributed by atoms with E-state index in [2.05, 4.69) is 36.2 Å². The molecule has 1 aliphatic carbocycles. The molecular formula is C21H27ClN2O. The maximum atomic E-state index is 13.3. The van der Waals surface area contributed by atoms with Crippen LogP contribution in [0.25, 0.3) is 5.57 Å². The summed E-state index contributed by atoms with van der Waals surface area (Å²) < 4.78 is 0. The van der Waals surface area contributed by atoms with Crippen LogP contribution in [0.15, 0.2) is 29.8 Å². The van der Waals surface area contributed by atoms with Crippen molar-refractivity contribution in [2.75, 3.05) is 26.2 Å². The molecule has 4 rings (SSSR count). The Morgan fingerprint density at radius 3 is 2.44 bits per heavy atom. The molecule has 1 aromatic rings. The second-order valence-corrected chi connectivity index (χ2v) is 9.13. The van der Waals surface area contributed by atoms with Crippen molar-refractivity contribution in [3.8, 4) is 0 Å². The van der Waals surface area contributed by atoms with Crippen LogP contribution in [0.3, 0.4) is 0 Å². The molecule has 0 spiro atoms. The predicted molar refractivity (Wildman–Crippen MR) is 102 cm³/mol. The lowest BCUT2D eigenvalue weighted by Gasteiger charge is -2.34. The first kappa shape index (κ1) is 17.1. The van der Waals surface area contributed by atoms with Crippen molar-refractivity contribution in [3.63, 3.8) is 0 Å². The van der Waals surface area contributed by atoms with E-state index in [-0.39, 0.29) is 11.3 Å². The molecule has 2 fully saturated rings. The topological polar surface area (TPSA) is 32.3 Å². The summed E-state index contributed by atoms with van der Waals surface area (Å²) in [4.78, 5) is 15.4. The van der Waals surface area contributed by atoms with E-state index in [0.717, 1.165) is 61.6 Å². The average molecular weight is 359 g/mol. The van der Waals surface area contributed by atoms with Crippen molar-refractivity contribution < 1.29 is 4.79 Å². The van der Waals surface area contributed by atoms with Gasteiger partial charge in [0.15, 0.2) is 0 Å².